The third-order valence-corrected chi connectivity index (χ3v) is 5.83. The molecule has 2 aromatic rings. The van der Waals surface area contributed by atoms with E-state index in [1.807, 2.05) is 0 Å². The SMILES string of the molecule is COC[C@H](c1cnn2cc(C(N)CCC(C)(C)C(F)(F)F)nc2c1)N1CC(F)(F)CNC1=O. The molecular formula is C20H27F5N6O2. The Kier molecular flexibility index (Phi) is 6.85. The predicted molar refractivity (Wildman–Crippen MR) is 109 cm³/mol. The molecule has 13 heteroatoms. The summed E-state index contributed by atoms with van der Waals surface area (Å²) < 4.78 is 73.7. The first kappa shape index (κ1) is 25.1. The van der Waals surface area contributed by atoms with Gasteiger partial charge in [0.05, 0.1) is 49.2 Å². The lowest BCUT2D eigenvalue weighted by atomic mass is 9.85. The number of hydrogen-bond acceptors (Lipinski definition) is 5. The van der Waals surface area contributed by atoms with Crippen molar-refractivity contribution in [1.82, 2.24) is 24.8 Å². The van der Waals surface area contributed by atoms with E-state index < -0.39 is 48.7 Å². The van der Waals surface area contributed by atoms with Crippen LogP contribution in [-0.2, 0) is 4.74 Å². The second-order valence-electron chi connectivity index (χ2n) is 8.90. The molecule has 184 valence electrons. The zero-order valence-electron chi connectivity index (χ0n) is 18.5. The van der Waals surface area contributed by atoms with Gasteiger partial charge in [0.2, 0.25) is 0 Å². The Labute approximate surface area is 187 Å². The lowest BCUT2D eigenvalue weighted by Gasteiger charge is -2.38. The molecule has 3 N–H and O–H groups in total. The van der Waals surface area contributed by atoms with Crippen LogP contribution in [0.25, 0.3) is 5.65 Å². The summed E-state index contributed by atoms with van der Waals surface area (Å²) in [4.78, 5) is 17.6. The fourth-order valence-electron chi connectivity index (χ4n) is 3.54. The zero-order valence-corrected chi connectivity index (χ0v) is 18.5. The third kappa shape index (κ3) is 5.52. The van der Waals surface area contributed by atoms with Crippen molar-refractivity contribution in [2.45, 2.75) is 50.9 Å². The Morgan fingerprint density at radius 1 is 1.33 bits per heavy atom. The first-order valence-electron chi connectivity index (χ1n) is 10.3. The van der Waals surface area contributed by atoms with Crippen molar-refractivity contribution in [3.63, 3.8) is 0 Å². The molecule has 0 spiro atoms. The summed E-state index contributed by atoms with van der Waals surface area (Å²) in [5.74, 6) is -3.10. The summed E-state index contributed by atoms with van der Waals surface area (Å²) in [5.41, 5.74) is 5.28. The number of urea groups is 1. The van der Waals surface area contributed by atoms with Gasteiger partial charge >= 0.3 is 12.2 Å². The van der Waals surface area contributed by atoms with Crippen LogP contribution >= 0.6 is 0 Å². The van der Waals surface area contributed by atoms with Crippen LogP contribution in [0.4, 0.5) is 26.7 Å². The molecule has 3 rings (SSSR count). The van der Waals surface area contributed by atoms with E-state index >= 15 is 0 Å². The number of methoxy groups -OCH3 is 1. The van der Waals surface area contributed by atoms with Crippen LogP contribution in [0.15, 0.2) is 18.5 Å². The number of halogens is 5. The third-order valence-electron chi connectivity index (χ3n) is 5.83. The van der Waals surface area contributed by atoms with Crippen LogP contribution in [0.5, 0.6) is 0 Å². The van der Waals surface area contributed by atoms with Crippen molar-refractivity contribution in [1.29, 1.82) is 0 Å². The van der Waals surface area contributed by atoms with E-state index in [0.717, 1.165) is 18.7 Å². The molecule has 3 heterocycles. The molecule has 1 aliphatic heterocycles. The molecule has 2 amide bonds. The number of alkyl halides is 5. The number of carbonyl (C=O) groups is 1. The largest absolute Gasteiger partial charge is 0.393 e. The lowest BCUT2D eigenvalue weighted by Crippen LogP contribution is -2.58. The van der Waals surface area contributed by atoms with Crippen LogP contribution in [0.1, 0.15) is 50.0 Å². The lowest BCUT2D eigenvalue weighted by molar-refractivity contribution is -0.214. The van der Waals surface area contributed by atoms with Gasteiger partial charge in [0, 0.05) is 18.7 Å². The number of aromatic nitrogens is 3. The van der Waals surface area contributed by atoms with Gasteiger partial charge in [0.1, 0.15) is 0 Å². The van der Waals surface area contributed by atoms with E-state index in [4.69, 9.17) is 10.5 Å². The topological polar surface area (TPSA) is 97.8 Å². The quantitative estimate of drug-likeness (QED) is 0.567. The van der Waals surface area contributed by atoms with Gasteiger partial charge in [-0.05, 0) is 18.9 Å². The van der Waals surface area contributed by atoms with E-state index in [0.29, 0.717) is 16.9 Å². The number of rotatable bonds is 8. The van der Waals surface area contributed by atoms with Gasteiger partial charge in [0.25, 0.3) is 5.92 Å². The number of nitrogens with one attached hydrogen (secondary N) is 1. The number of nitrogens with zero attached hydrogens (tertiary/aromatic N) is 4. The number of imidazole rings is 1. The van der Waals surface area contributed by atoms with Crippen molar-refractivity contribution < 1.29 is 31.5 Å². The van der Waals surface area contributed by atoms with E-state index in [-0.39, 0.29) is 19.4 Å². The Hall–Kier alpha value is -2.54. The molecule has 1 saturated heterocycles. The van der Waals surface area contributed by atoms with Crippen molar-refractivity contribution >= 4 is 11.7 Å². The fourth-order valence-corrected chi connectivity index (χ4v) is 3.54. The van der Waals surface area contributed by atoms with Crippen molar-refractivity contribution in [2.75, 3.05) is 26.8 Å². The molecular weight excluding hydrogens is 451 g/mol. The second-order valence-corrected chi connectivity index (χ2v) is 8.90. The molecule has 2 aromatic heterocycles. The molecule has 8 nitrogen and oxygen atoms in total. The van der Waals surface area contributed by atoms with Crippen LogP contribution in [0.3, 0.4) is 0 Å². The summed E-state index contributed by atoms with van der Waals surface area (Å²) in [6, 6.07) is -0.688. The highest BCUT2D eigenvalue weighted by molar-refractivity contribution is 5.76. The maximum absolute atomic E-state index is 13.9. The molecule has 0 aromatic carbocycles. The monoisotopic (exact) mass is 478 g/mol. The van der Waals surface area contributed by atoms with Gasteiger partial charge in [-0.15, -0.1) is 0 Å². The molecule has 2 atom stereocenters. The number of amides is 2. The summed E-state index contributed by atoms with van der Waals surface area (Å²) >= 11 is 0. The molecule has 1 aliphatic rings. The molecule has 33 heavy (non-hydrogen) atoms. The van der Waals surface area contributed by atoms with E-state index in [1.165, 1.54) is 24.0 Å². The highest BCUT2D eigenvalue weighted by Gasteiger charge is 2.47. The fraction of sp³-hybridized carbons (Fsp3) is 0.650. The zero-order chi connectivity index (χ0) is 24.6. The second kappa shape index (κ2) is 9.01. The average molecular weight is 478 g/mol. The van der Waals surface area contributed by atoms with E-state index in [2.05, 4.69) is 15.4 Å². The molecule has 1 unspecified atom stereocenters. The maximum Gasteiger partial charge on any atom is 0.393 e. The van der Waals surface area contributed by atoms with E-state index in [1.54, 1.807) is 6.07 Å². The molecule has 0 aliphatic carbocycles. The van der Waals surface area contributed by atoms with Crippen molar-refractivity contribution in [3.05, 3.63) is 29.7 Å². The van der Waals surface area contributed by atoms with Gasteiger partial charge in [-0.2, -0.15) is 18.3 Å². The average Bonchev–Trinajstić information content (AvgIpc) is 3.15. The summed E-state index contributed by atoms with van der Waals surface area (Å²) in [6.07, 6.45) is -1.56. The highest BCUT2D eigenvalue weighted by Crippen LogP contribution is 2.42. The molecule has 0 radical (unpaired) electrons. The van der Waals surface area contributed by atoms with Crippen LogP contribution in [-0.4, -0.2) is 64.4 Å². The predicted octanol–water partition coefficient (Wildman–Crippen LogP) is 3.45. The Morgan fingerprint density at radius 2 is 2.03 bits per heavy atom. The van der Waals surface area contributed by atoms with Gasteiger partial charge in [-0.3, -0.25) is 0 Å². The molecule has 0 bridgehead atoms. The van der Waals surface area contributed by atoms with Crippen LogP contribution < -0.4 is 11.1 Å². The van der Waals surface area contributed by atoms with Crippen molar-refractivity contribution in [3.8, 4) is 0 Å². The van der Waals surface area contributed by atoms with E-state index in [9.17, 15) is 26.7 Å². The minimum atomic E-state index is -4.35. The van der Waals surface area contributed by atoms with Crippen molar-refractivity contribution in [2.24, 2.45) is 11.1 Å². The van der Waals surface area contributed by atoms with Crippen LogP contribution in [0, 0.1) is 5.41 Å². The number of hydrogen-bond donors (Lipinski definition) is 2. The standard InChI is InChI=1S/C20H27F5N6O2/c1-18(2,20(23,24)25)5-4-13(26)14-8-31-16(29-14)6-12(7-28-31)15(9-33-3)30-11-19(21,22)10-27-17(30)32/h6-8,13,15H,4-5,9-11,26H2,1-3H3,(H,27,32)/t13?,15-/m1/s1. The Bertz CT molecular complexity index is 993. The number of nitrogens with two attached hydrogens (primary N) is 1. The van der Waals surface area contributed by atoms with Gasteiger partial charge < -0.3 is 20.7 Å². The van der Waals surface area contributed by atoms with Gasteiger partial charge in [-0.25, -0.2) is 23.1 Å². The first-order valence-corrected chi connectivity index (χ1v) is 10.3. The van der Waals surface area contributed by atoms with Gasteiger partial charge in [0.15, 0.2) is 5.65 Å². The first-order chi connectivity index (χ1) is 15.2. The Morgan fingerprint density at radius 3 is 2.67 bits per heavy atom. The number of carbonyl (C=O) groups excluding carboxylic acids is 1. The summed E-state index contributed by atoms with van der Waals surface area (Å²) in [6.45, 7) is 0.658. The molecule has 0 saturated carbocycles. The van der Waals surface area contributed by atoms with Crippen LogP contribution in [0.2, 0.25) is 0 Å². The summed E-state index contributed by atoms with van der Waals surface area (Å²) in [5, 5.41) is 6.38. The smallest absolute Gasteiger partial charge is 0.382 e. The number of fused-ring (bicyclic) bond motifs is 1. The minimum absolute atomic E-state index is 0.0541. The van der Waals surface area contributed by atoms with Gasteiger partial charge in [-0.1, -0.05) is 13.8 Å². The summed E-state index contributed by atoms with van der Waals surface area (Å²) in [7, 11) is 1.38. The minimum Gasteiger partial charge on any atom is -0.382 e. The number of ether oxygens (including phenoxy) is 1. The maximum atomic E-state index is 13.9. The Balaban J connectivity index is 1.82. The molecule has 1 fully saturated rings. The normalized spacial score (nSPS) is 18.9. The highest BCUT2D eigenvalue weighted by atomic mass is 19.4.